The zero-order chi connectivity index (χ0) is 14.0. The number of carbonyl (C=O) groups excluding carboxylic acids is 1. The molecule has 1 fully saturated rings. The summed E-state index contributed by atoms with van der Waals surface area (Å²) in [5.74, 6) is -0.756. The molecule has 6 heteroatoms. The quantitative estimate of drug-likeness (QED) is 0.793. The maximum absolute atomic E-state index is 12.3. The molecule has 1 aliphatic rings. The van der Waals surface area contributed by atoms with E-state index in [1.807, 2.05) is 0 Å². The molecule has 6 nitrogen and oxygen atoms in total. The number of hydrogen-bond acceptors (Lipinski definition) is 4. The monoisotopic (exact) mass is 264 g/mol. The fourth-order valence-electron chi connectivity index (χ4n) is 2.28. The molecule has 2 rings (SSSR count). The van der Waals surface area contributed by atoms with Gasteiger partial charge in [0.1, 0.15) is 11.8 Å². The Morgan fingerprint density at radius 2 is 2.21 bits per heavy atom. The first kappa shape index (κ1) is 13.2. The number of nitrogens with zero attached hydrogens (tertiary/aromatic N) is 1. The fraction of sp³-hybridized carbons (Fsp3) is 0.385. The Bertz CT molecular complexity index is 515. The fourth-order valence-corrected chi connectivity index (χ4v) is 2.28. The third-order valence-corrected chi connectivity index (χ3v) is 3.29. The minimum absolute atomic E-state index is 0.292. The van der Waals surface area contributed by atoms with Gasteiger partial charge in [0.2, 0.25) is 0 Å². The van der Waals surface area contributed by atoms with E-state index in [1.165, 1.54) is 12.0 Å². The average molecular weight is 264 g/mol. The number of carbonyl (C=O) groups is 2. The molecule has 0 unspecified atom stereocenters. The smallest absolute Gasteiger partial charge is 0.326 e. The minimum Gasteiger partial charge on any atom is -0.497 e. The van der Waals surface area contributed by atoms with Crippen LogP contribution in [0.25, 0.3) is 0 Å². The highest BCUT2D eigenvalue weighted by atomic mass is 16.5. The third kappa shape index (κ3) is 2.47. The van der Waals surface area contributed by atoms with E-state index in [1.54, 1.807) is 18.2 Å². The second-order valence-corrected chi connectivity index (χ2v) is 4.45. The number of likely N-dealkylation sites (tertiary alicyclic amines) is 1. The van der Waals surface area contributed by atoms with Gasteiger partial charge in [-0.15, -0.1) is 0 Å². The molecule has 1 atom stereocenters. The Kier molecular flexibility index (Phi) is 3.59. The lowest BCUT2D eigenvalue weighted by atomic mass is 10.1. The van der Waals surface area contributed by atoms with Gasteiger partial charge in [0.25, 0.3) is 5.91 Å². The summed E-state index contributed by atoms with van der Waals surface area (Å²) < 4.78 is 5.02. The van der Waals surface area contributed by atoms with Crippen molar-refractivity contribution in [3.05, 3.63) is 23.8 Å². The molecule has 0 radical (unpaired) electrons. The van der Waals surface area contributed by atoms with Gasteiger partial charge in [0.05, 0.1) is 12.7 Å². The lowest BCUT2D eigenvalue weighted by molar-refractivity contribution is -0.141. The van der Waals surface area contributed by atoms with Crippen LogP contribution in [0.1, 0.15) is 23.2 Å². The molecule has 0 aliphatic carbocycles. The Balaban J connectivity index is 2.26. The first-order valence-electron chi connectivity index (χ1n) is 6.02. The van der Waals surface area contributed by atoms with Crippen molar-refractivity contribution in [1.29, 1.82) is 0 Å². The number of nitrogen functional groups attached to an aromatic ring is 1. The van der Waals surface area contributed by atoms with E-state index in [4.69, 9.17) is 15.6 Å². The maximum Gasteiger partial charge on any atom is 0.326 e. The summed E-state index contributed by atoms with van der Waals surface area (Å²) in [5, 5.41) is 9.09. The van der Waals surface area contributed by atoms with Gasteiger partial charge >= 0.3 is 5.97 Å². The molecule has 1 aromatic rings. The van der Waals surface area contributed by atoms with Crippen molar-refractivity contribution < 1.29 is 19.4 Å². The van der Waals surface area contributed by atoms with Crippen molar-refractivity contribution in [1.82, 2.24) is 4.90 Å². The number of carboxylic acids is 1. The lowest BCUT2D eigenvalue weighted by Crippen LogP contribution is -2.40. The lowest BCUT2D eigenvalue weighted by Gasteiger charge is -2.22. The van der Waals surface area contributed by atoms with Gasteiger partial charge in [-0.05, 0) is 25.0 Å². The van der Waals surface area contributed by atoms with Crippen LogP contribution in [0, 0.1) is 0 Å². The molecule has 1 aromatic carbocycles. The number of amides is 1. The van der Waals surface area contributed by atoms with Crippen LogP contribution < -0.4 is 10.5 Å². The second kappa shape index (κ2) is 5.17. The Hall–Kier alpha value is -2.24. The molecule has 0 saturated carbocycles. The molecule has 3 N–H and O–H groups in total. The zero-order valence-corrected chi connectivity index (χ0v) is 10.6. The van der Waals surface area contributed by atoms with E-state index >= 15 is 0 Å². The summed E-state index contributed by atoms with van der Waals surface area (Å²) in [4.78, 5) is 24.8. The predicted molar refractivity (Wildman–Crippen MR) is 69.1 cm³/mol. The van der Waals surface area contributed by atoms with Crippen LogP contribution in [0.3, 0.4) is 0 Å². The number of aliphatic carboxylic acids is 1. The van der Waals surface area contributed by atoms with Crippen LogP contribution in [-0.4, -0.2) is 41.6 Å². The molecule has 1 heterocycles. The van der Waals surface area contributed by atoms with Crippen LogP contribution in [0.4, 0.5) is 5.69 Å². The van der Waals surface area contributed by atoms with Gasteiger partial charge in [-0.2, -0.15) is 0 Å². The molecular weight excluding hydrogens is 248 g/mol. The summed E-state index contributed by atoms with van der Waals surface area (Å²) in [6, 6.07) is 4.00. The van der Waals surface area contributed by atoms with E-state index < -0.39 is 12.0 Å². The van der Waals surface area contributed by atoms with E-state index in [0.29, 0.717) is 36.4 Å². The largest absolute Gasteiger partial charge is 0.497 e. The Morgan fingerprint density at radius 1 is 1.47 bits per heavy atom. The van der Waals surface area contributed by atoms with Gasteiger partial charge in [0, 0.05) is 18.3 Å². The molecule has 1 saturated heterocycles. The van der Waals surface area contributed by atoms with Crippen LogP contribution in [0.2, 0.25) is 0 Å². The molecule has 0 bridgehead atoms. The number of methoxy groups -OCH3 is 1. The highest BCUT2D eigenvalue weighted by molar-refractivity contribution is 6.01. The molecular formula is C13H16N2O4. The van der Waals surface area contributed by atoms with Crippen molar-refractivity contribution in [3.63, 3.8) is 0 Å². The molecule has 0 aromatic heterocycles. The summed E-state index contributed by atoms with van der Waals surface area (Å²) in [6.45, 7) is 0.446. The van der Waals surface area contributed by atoms with Crippen molar-refractivity contribution in [2.75, 3.05) is 19.4 Å². The number of carboxylic acid groups (broad SMARTS) is 1. The van der Waals surface area contributed by atoms with Crippen LogP contribution in [0.15, 0.2) is 18.2 Å². The van der Waals surface area contributed by atoms with Crippen molar-refractivity contribution in [2.24, 2.45) is 0 Å². The number of nitrogens with two attached hydrogens (primary N) is 1. The highest BCUT2D eigenvalue weighted by Crippen LogP contribution is 2.25. The van der Waals surface area contributed by atoms with Gasteiger partial charge in [-0.3, -0.25) is 4.79 Å². The zero-order valence-electron chi connectivity index (χ0n) is 10.6. The number of ether oxygens (including phenoxy) is 1. The molecule has 0 spiro atoms. The van der Waals surface area contributed by atoms with Crippen LogP contribution in [-0.2, 0) is 4.79 Å². The van der Waals surface area contributed by atoms with Gasteiger partial charge < -0.3 is 20.5 Å². The summed E-state index contributed by atoms with van der Waals surface area (Å²) in [7, 11) is 1.51. The summed E-state index contributed by atoms with van der Waals surface area (Å²) >= 11 is 0. The Labute approximate surface area is 110 Å². The van der Waals surface area contributed by atoms with E-state index in [0.717, 1.165) is 0 Å². The minimum atomic E-state index is -0.974. The van der Waals surface area contributed by atoms with Gasteiger partial charge in [-0.1, -0.05) is 0 Å². The first-order valence-corrected chi connectivity index (χ1v) is 6.02. The van der Waals surface area contributed by atoms with E-state index in [-0.39, 0.29) is 5.91 Å². The summed E-state index contributed by atoms with van der Waals surface area (Å²) in [5.41, 5.74) is 6.42. The number of anilines is 1. The van der Waals surface area contributed by atoms with Crippen molar-refractivity contribution >= 4 is 17.6 Å². The van der Waals surface area contributed by atoms with Gasteiger partial charge in [0.15, 0.2) is 0 Å². The average Bonchev–Trinajstić information content (AvgIpc) is 2.87. The molecule has 102 valence electrons. The van der Waals surface area contributed by atoms with Crippen LogP contribution >= 0.6 is 0 Å². The predicted octanol–water partition coefficient (Wildman–Crippen LogP) is 0.967. The molecule has 1 aliphatic heterocycles. The number of benzene rings is 1. The maximum atomic E-state index is 12.3. The number of hydrogen-bond donors (Lipinski definition) is 2. The molecule has 1 amide bonds. The second-order valence-electron chi connectivity index (χ2n) is 4.45. The third-order valence-electron chi connectivity index (χ3n) is 3.29. The van der Waals surface area contributed by atoms with Crippen molar-refractivity contribution in [3.8, 4) is 5.75 Å². The van der Waals surface area contributed by atoms with E-state index in [9.17, 15) is 9.59 Å². The normalized spacial score (nSPS) is 18.4. The SMILES string of the molecule is COc1ccc(C(=O)N2CCC[C@H]2C(=O)O)c(N)c1. The molecule has 19 heavy (non-hydrogen) atoms. The number of rotatable bonds is 3. The van der Waals surface area contributed by atoms with Crippen LogP contribution in [0.5, 0.6) is 5.75 Å². The standard InChI is InChI=1S/C13H16N2O4/c1-19-8-4-5-9(10(14)7-8)12(16)15-6-2-3-11(15)13(17)18/h4-5,7,11H,2-3,6,14H2,1H3,(H,17,18)/t11-/m0/s1. The highest BCUT2D eigenvalue weighted by Gasteiger charge is 2.34. The Morgan fingerprint density at radius 3 is 2.79 bits per heavy atom. The first-order chi connectivity index (χ1) is 9.04. The van der Waals surface area contributed by atoms with Gasteiger partial charge in [-0.25, -0.2) is 4.79 Å². The van der Waals surface area contributed by atoms with Crippen molar-refractivity contribution in [2.45, 2.75) is 18.9 Å². The summed E-state index contributed by atoms with van der Waals surface area (Å²) in [6.07, 6.45) is 1.18. The van der Waals surface area contributed by atoms with E-state index in [2.05, 4.69) is 0 Å². The topological polar surface area (TPSA) is 92.9 Å².